The number of carbonyl (C=O) groups is 1. The monoisotopic (exact) mass is 379 g/mol. The molecular formula is C16H22BrN5O. The fraction of sp³-hybridized carbons (Fsp3) is 0.500. The molecule has 0 saturated carbocycles. The van der Waals surface area contributed by atoms with Crippen LogP contribution >= 0.6 is 15.9 Å². The zero-order valence-corrected chi connectivity index (χ0v) is 15.0. The Kier molecular flexibility index (Phi) is 4.59. The Bertz CT molecular complexity index is 727. The number of aromatic amines is 1. The number of aromatic nitrogens is 2. The molecule has 0 aliphatic carbocycles. The molecular weight excluding hydrogens is 358 g/mol. The molecule has 4 N–H and O–H groups in total. The molecule has 0 bridgehead atoms. The molecule has 7 heteroatoms. The summed E-state index contributed by atoms with van der Waals surface area (Å²) in [5.74, 6) is -0.0842. The third kappa shape index (κ3) is 3.21. The zero-order chi connectivity index (χ0) is 16.6. The van der Waals surface area contributed by atoms with E-state index in [1.807, 2.05) is 13.8 Å². The van der Waals surface area contributed by atoms with Crippen LogP contribution in [0.5, 0.6) is 0 Å². The number of nitrogens with one attached hydrogen (secondary N) is 2. The van der Waals surface area contributed by atoms with E-state index in [1.54, 1.807) is 12.4 Å². The fourth-order valence-corrected chi connectivity index (χ4v) is 3.51. The third-order valence-corrected chi connectivity index (χ3v) is 4.77. The number of carbonyl (C=O) groups excluding carboxylic acids is 1. The van der Waals surface area contributed by atoms with Gasteiger partial charge in [0, 0.05) is 37.4 Å². The summed E-state index contributed by atoms with van der Waals surface area (Å²) in [6.45, 7) is 5.51. The van der Waals surface area contributed by atoms with Crippen LogP contribution < -0.4 is 16.0 Å². The highest BCUT2D eigenvalue weighted by atomic mass is 79.9. The molecule has 6 nitrogen and oxygen atoms in total. The second kappa shape index (κ2) is 6.49. The number of H-pyrrole nitrogens is 1. The Morgan fingerprint density at radius 2 is 2.35 bits per heavy atom. The van der Waals surface area contributed by atoms with Crippen molar-refractivity contribution in [3.8, 4) is 0 Å². The van der Waals surface area contributed by atoms with Crippen LogP contribution in [-0.2, 0) is 4.79 Å². The molecule has 2 aromatic heterocycles. The molecule has 0 spiro atoms. The smallest absolute Gasteiger partial charge is 0.226 e. The van der Waals surface area contributed by atoms with Crippen molar-refractivity contribution in [1.82, 2.24) is 9.97 Å². The minimum atomic E-state index is -0.0769. The predicted octanol–water partition coefficient (Wildman–Crippen LogP) is 2.85. The van der Waals surface area contributed by atoms with E-state index < -0.39 is 0 Å². The normalized spacial score (nSPS) is 18.7. The quantitative estimate of drug-likeness (QED) is 0.764. The van der Waals surface area contributed by atoms with E-state index in [-0.39, 0.29) is 17.9 Å². The van der Waals surface area contributed by atoms with Gasteiger partial charge in [-0.25, -0.2) is 4.98 Å². The number of hydrogen-bond acceptors (Lipinski definition) is 4. The Balaban J connectivity index is 2.06. The van der Waals surface area contributed by atoms with Crippen LogP contribution in [0.25, 0.3) is 11.0 Å². The maximum Gasteiger partial charge on any atom is 0.226 e. The maximum absolute atomic E-state index is 12.1. The van der Waals surface area contributed by atoms with Gasteiger partial charge in [0.25, 0.3) is 0 Å². The van der Waals surface area contributed by atoms with Gasteiger partial charge in [0.05, 0.1) is 21.2 Å². The number of rotatable bonds is 3. The summed E-state index contributed by atoms with van der Waals surface area (Å²) in [5, 5.41) is 3.93. The summed E-state index contributed by atoms with van der Waals surface area (Å²) in [4.78, 5) is 21.9. The highest BCUT2D eigenvalue weighted by molar-refractivity contribution is 9.10. The molecule has 1 atom stereocenters. The van der Waals surface area contributed by atoms with E-state index >= 15 is 0 Å². The first-order valence-electron chi connectivity index (χ1n) is 7.94. The van der Waals surface area contributed by atoms with E-state index in [1.165, 1.54) is 0 Å². The number of halogens is 1. The number of fused-ring (bicyclic) bond motifs is 1. The number of nitrogens with two attached hydrogens (primary N) is 1. The predicted molar refractivity (Wildman–Crippen MR) is 96.7 cm³/mol. The van der Waals surface area contributed by atoms with E-state index in [0.29, 0.717) is 0 Å². The minimum Gasteiger partial charge on any atom is -0.368 e. The highest BCUT2D eigenvalue weighted by Crippen LogP contribution is 2.38. The molecule has 2 aromatic rings. The minimum absolute atomic E-state index is 0.00725. The van der Waals surface area contributed by atoms with Crippen LogP contribution in [-0.4, -0.2) is 35.0 Å². The first kappa shape index (κ1) is 16.3. The molecule has 0 aromatic carbocycles. The molecule has 1 fully saturated rings. The van der Waals surface area contributed by atoms with Gasteiger partial charge in [0.2, 0.25) is 5.91 Å². The number of nitrogens with zero attached hydrogens (tertiary/aromatic N) is 2. The van der Waals surface area contributed by atoms with Crippen LogP contribution in [0.4, 0.5) is 11.4 Å². The molecule has 1 aliphatic rings. The lowest BCUT2D eigenvalue weighted by Gasteiger charge is -2.33. The number of pyridine rings is 1. The average molecular weight is 380 g/mol. The number of piperidine rings is 1. The first-order valence-corrected chi connectivity index (χ1v) is 8.73. The summed E-state index contributed by atoms with van der Waals surface area (Å²) in [7, 11) is 0. The highest BCUT2D eigenvalue weighted by Gasteiger charge is 2.24. The Labute approximate surface area is 143 Å². The Morgan fingerprint density at radius 1 is 1.57 bits per heavy atom. The van der Waals surface area contributed by atoms with Crippen LogP contribution in [0.15, 0.2) is 16.9 Å². The van der Waals surface area contributed by atoms with Crippen molar-refractivity contribution in [2.75, 3.05) is 23.3 Å². The Morgan fingerprint density at radius 3 is 3.04 bits per heavy atom. The van der Waals surface area contributed by atoms with Gasteiger partial charge in [-0.2, -0.15) is 0 Å². The van der Waals surface area contributed by atoms with E-state index in [2.05, 4.69) is 36.1 Å². The molecule has 1 amide bonds. The number of anilines is 2. The third-order valence-electron chi connectivity index (χ3n) is 4.19. The van der Waals surface area contributed by atoms with E-state index in [9.17, 15) is 4.79 Å². The molecule has 124 valence electrons. The van der Waals surface area contributed by atoms with Crippen molar-refractivity contribution in [2.24, 2.45) is 11.7 Å². The number of hydrogen-bond donors (Lipinski definition) is 3. The lowest BCUT2D eigenvalue weighted by Crippen LogP contribution is -2.43. The fourth-order valence-electron chi connectivity index (χ4n) is 2.95. The van der Waals surface area contributed by atoms with Crippen LogP contribution in [0.2, 0.25) is 0 Å². The molecule has 23 heavy (non-hydrogen) atoms. The van der Waals surface area contributed by atoms with Gasteiger partial charge in [-0.3, -0.25) is 4.79 Å². The van der Waals surface area contributed by atoms with Crippen molar-refractivity contribution in [1.29, 1.82) is 0 Å². The zero-order valence-electron chi connectivity index (χ0n) is 13.4. The summed E-state index contributed by atoms with van der Waals surface area (Å²) in [6, 6.07) is 0.173. The van der Waals surface area contributed by atoms with Gasteiger partial charge < -0.3 is 20.9 Å². The second-order valence-corrected chi connectivity index (χ2v) is 7.23. The van der Waals surface area contributed by atoms with Crippen LogP contribution in [0.1, 0.15) is 26.7 Å². The van der Waals surface area contributed by atoms with Gasteiger partial charge in [-0.05, 0) is 28.8 Å². The largest absolute Gasteiger partial charge is 0.368 e. The molecule has 3 heterocycles. The topological polar surface area (TPSA) is 87.0 Å². The summed E-state index contributed by atoms with van der Waals surface area (Å²) < 4.78 is 0.916. The molecule has 3 rings (SSSR count). The van der Waals surface area contributed by atoms with Crippen molar-refractivity contribution in [3.63, 3.8) is 0 Å². The van der Waals surface area contributed by atoms with Crippen molar-refractivity contribution in [2.45, 2.75) is 32.7 Å². The van der Waals surface area contributed by atoms with Crippen molar-refractivity contribution in [3.05, 3.63) is 16.9 Å². The summed E-state index contributed by atoms with van der Waals surface area (Å²) >= 11 is 3.62. The average Bonchev–Trinajstić information content (AvgIpc) is 2.90. The van der Waals surface area contributed by atoms with Crippen LogP contribution in [0.3, 0.4) is 0 Å². The number of amides is 1. The van der Waals surface area contributed by atoms with Crippen LogP contribution in [0, 0.1) is 5.92 Å². The summed E-state index contributed by atoms with van der Waals surface area (Å²) in [5.41, 5.74) is 8.72. The lowest BCUT2D eigenvalue weighted by atomic mass is 10.1. The van der Waals surface area contributed by atoms with Gasteiger partial charge in [-0.1, -0.05) is 13.8 Å². The van der Waals surface area contributed by atoms with E-state index in [4.69, 9.17) is 5.73 Å². The van der Waals surface area contributed by atoms with Crippen molar-refractivity contribution >= 4 is 44.2 Å². The van der Waals surface area contributed by atoms with Gasteiger partial charge in [-0.15, -0.1) is 0 Å². The second-order valence-electron chi connectivity index (χ2n) is 6.37. The van der Waals surface area contributed by atoms with Gasteiger partial charge >= 0.3 is 0 Å². The van der Waals surface area contributed by atoms with Gasteiger partial charge in [0.15, 0.2) is 0 Å². The van der Waals surface area contributed by atoms with Gasteiger partial charge in [0.1, 0.15) is 5.65 Å². The molecule has 0 radical (unpaired) electrons. The first-order chi connectivity index (χ1) is 11.0. The molecule has 1 saturated heterocycles. The molecule has 0 unspecified atom stereocenters. The van der Waals surface area contributed by atoms with Crippen molar-refractivity contribution < 1.29 is 4.79 Å². The maximum atomic E-state index is 12.1. The SMILES string of the molecule is CC(C)C(=O)Nc1c[nH]c2ncc(Br)c(N3CCC[C@@H](N)C3)c12. The summed E-state index contributed by atoms with van der Waals surface area (Å²) in [6.07, 6.45) is 5.71. The lowest BCUT2D eigenvalue weighted by molar-refractivity contribution is -0.118. The molecule has 1 aliphatic heterocycles. The Hall–Kier alpha value is -1.60. The standard InChI is InChI=1S/C16H22BrN5O/c1-9(2)16(23)21-12-7-20-15-13(12)14(11(17)6-19-15)22-5-3-4-10(18)8-22/h6-7,9-10H,3-5,8,18H2,1-2H3,(H,19,20)(H,21,23)/t10-/m1/s1. The van der Waals surface area contributed by atoms with E-state index in [0.717, 1.165) is 52.8 Å².